The largest absolute Gasteiger partial charge is 0.486 e. The Bertz CT molecular complexity index is 608. The Morgan fingerprint density at radius 1 is 1.43 bits per heavy atom. The normalized spacial score (nSPS) is 17.5. The molecule has 0 saturated carbocycles. The molecule has 112 valence electrons. The molecule has 1 heterocycles. The van der Waals surface area contributed by atoms with Gasteiger partial charge in [-0.3, -0.25) is 0 Å². The van der Waals surface area contributed by atoms with Crippen molar-refractivity contribution in [2.45, 2.75) is 51.8 Å². The Labute approximate surface area is 125 Å². The van der Waals surface area contributed by atoms with Crippen LogP contribution in [0.1, 0.15) is 49.2 Å². The molecule has 1 aliphatic carbocycles. The molecule has 1 aromatic carbocycles. The van der Waals surface area contributed by atoms with Gasteiger partial charge in [0.25, 0.3) is 0 Å². The minimum Gasteiger partial charge on any atom is -0.486 e. The molecule has 0 fully saturated rings. The number of aromatic nitrogens is 3. The highest BCUT2D eigenvalue weighted by atomic mass is 16.5. The molecule has 5 heteroatoms. The van der Waals surface area contributed by atoms with Crippen LogP contribution in [0, 0.1) is 0 Å². The van der Waals surface area contributed by atoms with E-state index in [1.165, 1.54) is 11.1 Å². The summed E-state index contributed by atoms with van der Waals surface area (Å²) in [6.07, 6.45) is 5.94. The van der Waals surface area contributed by atoms with Crippen LogP contribution in [0.5, 0.6) is 5.75 Å². The number of hydrogen-bond donors (Lipinski definition) is 1. The van der Waals surface area contributed by atoms with Gasteiger partial charge in [0.2, 0.25) is 0 Å². The average Bonchev–Trinajstić information content (AvgIpc) is 2.93. The monoisotopic (exact) mass is 286 g/mol. The van der Waals surface area contributed by atoms with Gasteiger partial charge in [-0.2, -0.15) is 5.10 Å². The molecule has 0 aliphatic heterocycles. The maximum atomic E-state index is 6.14. The van der Waals surface area contributed by atoms with E-state index in [1.807, 2.05) is 10.7 Å². The predicted octanol–water partition coefficient (Wildman–Crippen LogP) is 2.60. The summed E-state index contributed by atoms with van der Waals surface area (Å²) in [6.45, 7) is 3.45. The summed E-state index contributed by atoms with van der Waals surface area (Å²) < 4.78 is 7.77. The summed E-state index contributed by atoms with van der Waals surface area (Å²) in [4.78, 5) is 4.26. The summed E-state index contributed by atoms with van der Waals surface area (Å²) in [5, 5.41) is 4.21. The van der Waals surface area contributed by atoms with Crippen molar-refractivity contribution in [3.05, 3.63) is 41.5 Å². The third-order valence-corrected chi connectivity index (χ3v) is 3.97. The topological polar surface area (TPSA) is 66.0 Å². The van der Waals surface area contributed by atoms with Crippen molar-refractivity contribution in [3.8, 4) is 5.75 Å². The van der Waals surface area contributed by atoms with Crippen molar-refractivity contribution in [1.82, 2.24) is 14.8 Å². The smallest absolute Gasteiger partial charge is 0.164 e. The maximum absolute atomic E-state index is 6.14. The van der Waals surface area contributed by atoms with Gasteiger partial charge in [0.15, 0.2) is 5.82 Å². The number of rotatable bonds is 5. The zero-order chi connectivity index (χ0) is 14.7. The highest BCUT2D eigenvalue weighted by Gasteiger charge is 2.17. The first-order valence-electron chi connectivity index (χ1n) is 7.66. The molecule has 21 heavy (non-hydrogen) atoms. The summed E-state index contributed by atoms with van der Waals surface area (Å²) in [5.74, 6) is 1.75. The number of benzene rings is 1. The van der Waals surface area contributed by atoms with Crippen molar-refractivity contribution in [2.75, 3.05) is 0 Å². The van der Waals surface area contributed by atoms with Gasteiger partial charge in [0.1, 0.15) is 18.7 Å². The van der Waals surface area contributed by atoms with E-state index in [2.05, 4.69) is 29.1 Å². The van der Waals surface area contributed by atoms with Crippen LogP contribution in [0.25, 0.3) is 0 Å². The van der Waals surface area contributed by atoms with Crippen LogP contribution in [-0.4, -0.2) is 14.8 Å². The molecule has 2 aromatic rings. The molecule has 1 atom stereocenters. The van der Waals surface area contributed by atoms with Crippen molar-refractivity contribution in [3.63, 3.8) is 0 Å². The Hall–Kier alpha value is -1.88. The molecular formula is C16H22N4O. The fraction of sp³-hybridized carbons (Fsp3) is 0.500. The van der Waals surface area contributed by atoms with E-state index < -0.39 is 0 Å². The van der Waals surface area contributed by atoms with Crippen LogP contribution in [0.2, 0.25) is 0 Å². The van der Waals surface area contributed by atoms with Gasteiger partial charge >= 0.3 is 0 Å². The lowest BCUT2D eigenvalue weighted by Gasteiger charge is -2.22. The lowest BCUT2D eigenvalue weighted by atomic mass is 9.88. The van der Waals surface area contributed by atoms with Crippen molar-refractivity contribution < 1.29 is 4.74 Å². The molecule has 1 unspecified atom stereocenters. The Balaban J connectivity index is 1.69. The molecular weight excluding hydrogens is 264 g/mol. The Morgan fingerprint density at radius 3 is 3.19 bits per heavy atom. The standard InChI is InChI=1S/C16H22N4O/c1-2-8-20-16(18-11-19-20)10-21-13-6-7-14-12(9-13)4-3-5-15(14)17/h6-7,9,11,15H,2-5,8,10,17H2,1H3. The van der Waals surface area contributed by atoms with Crippen LogP contribution < -0.4 is 10.5 Å². The van der Waals surface area contributed by atoms with E-state index in [1.54, 1.807) is 6.33 Å². The number of nitrogens with zero attached hydrogens (tertiary/aromatic N) is 3. The second-order valence-electron chi connectivity index (χ2n) is 5.55. The van der Waals surface area contributed by atoms with Gasteiger partial charge in [0.05, 0.1) is 0 Å². The molecule has 3 rings (SSSR count). The summed E-state index contributed by atoms with van der Waals surface area (Å²) in [6, 6.07) is 6.40. The Morgan fingerprint density at radius 2 is 2.33 bits per heavy atom. The second-order valence-corrected chi connectivity index (χ2v) is 5.55. The van der Waals surface area contributed by atoms with Crippen molar-refractivity contribution in [1.29, 1.82) is 0 Å². The zero-order valence-electron chi connectivity index (χ0n) is 12.5. The van der Waals surface area contributed by atoms with Gasteiger partial charge in [-0.15, -0.1) is 0 Å². The van der Waals surface area contributed by atoms with Crippen LogP contribution in [0.15, 0.2) is 24.5 Å². The number of hydrogen-bond acceptors (Lipinski definition) is 4. The second kappa shape index (κ2) is 6.26. The van der Waals surface area contributed by atoms with Crippen molar-refractivity contribution >= 4 is 0 Å². The first kappa shape index (κ1) is 14.1. The van der Waals surface area contributed by atoms with E-state index in [4.69, 9.17) is 10.5 Å². The van der Waals surface area contributed by atoms with Gasteiger partial charge in [-0.05, 0) is 48.9 Å². The van der Waals surface area contributed by atoms with Crippen molar-refractivity contribution in [2.24, 2.45) is 5.73 Å². The summed E-state index contributed by atoms with van der Waals surface area (Å²) in [7, 11) is 0. The minimum absolute atomic E-state index is 0.176. The lowest BCUT2D eigenvalue weighted by molar-refractivity contribution is 0.285. The molecule has 0 bridgehead atoms. The number of nitrogens with two attached hydrogens (primary N) is 1. The number of ether oxygens (including phenoxy) is 1. The predicted molar refractivity (Wildman–Crippen MR) is 81.0 cm³/mol. The van der Waals surface area contributed by atoms with E-state index in [9.17, 15) is 0 Å². The highest BCUT2D eigenvalue weighted by Crippen LogP contribution is 2.30. The summed E-state index contributed by atoms with van der Waals surface area (Å²) in [5.41, 5.74) is 8.73. The molecule has 0 saturated heterocycles. The van der Waals surface area contributed by atoms with Gasteiger partial charge in [0, 0.05) is 12.6 Å². The molecule has 5 nitrogen and oxygen atoms in total. The van der Waals surface area contributed by atoms with E-state index >= 15 is 0 Å². The van der Waals surface area contributed by atoms with Crippen LogP contribution >= 0.6 is 0 Å². The summed E-state index contributed by atoms with van der Waals surface area (Å²) >= 11 is 0. The SMILES string of the molecule is CCCn1ncnc1COc1ccc2c(c1)CCCC2N. The quantitative estimate of drug-likeness (QED) is 0.917. The van der Waals surface area contributed by atoms with Crippen LogP contribution in [0.3, 0.4) is 0 Å². The molecule has 2 N–H and O–H groups in total. The third kappa shape index (κ3) is 3.08. The molecule has 1 aliphatic rings. The van der Waals surface area contributed by atoms with Crippen LogP contribution in [0.4, 0.5) is 0 Å². The molecule has 0 radical (unpaired) electrons. The molecule has 1 aromatic heterocycles. The first-order valence-corrected chi connectivity index (χ1v) is 7.66. The average molecular weight is 286 g/mol. The minimum atomic E-state index is 0.176. The fourth-order valence-electron chi connectivity index (χ4n) is 2.86. The fourth-order valence-corrected chi connectivity index (χ4v) is 2.86. The molecule has 0 amide bonds. The van der Waals surface area contributed by atoms with E-state index in [0.717, 1.165) is 43.8 Å². The maximum Gasteiger partial charge on any atom is 0.164 e. The van der Waals surface area contributed by atoms with E-state index in [-0.39, 0.29) is 6.04 Å². The molecule has 0 spiro atoms. The Kier molecular flexibility index (Phi) is 4.20. The van der Waals surface area contributed by atoms with Gasteiger partial charge in [-0.1, -0.05) is 13.0 Å². The number of fused-ring (bicyclic) bond motifs is 1. The lowest BCUT2D eigenvalue weighted by Crippen LogP contribution is -2.17. The first-order chi connectivity index (χ1) is 10.3. The number of aryl methyl sites for hydroxylation is 2. The zero-order valence-corrected chi connectivity index (χ0v) is 12.5. The third-order valence-electron chi connectivity index (χ3n) is 3.97. The van der Waals surface area contributed by atoms with Gasteiger partial charge in [-0.25, -0.2) is 9.67 Å². The van der Waals surface area contributed by atoms with Crippen LogP contribution in [-0.2, 0) is 19.6 Å². The van der Waals surface area contributed by atoms with Gasteiger partial charge < -0.3 is 10.5 Å². The highest BCUT2D eigenvalue weighted by molar-refractivity contribution is 5.38. The van der Waals surface area contributed by atoms with E-state index in [0.29, 0.717) is 6.61 Å².